The fourth-order valence-corrected chi connectivity index (χ4v) is 3.82. The number of benzene rings is 2. The molecule has 0 unspecified atom stereocenters. The molecule has 4 rings (SSSR count). The first kappa shape index (κ1) is 21.3. The van der Waals surface area contributed by atoms with Gasteiger partial charge in [-0.15, -0.1) is 0 Å². The molecule has 1 atom stereocenters. The van der Waals surface area contributed by atoms with Crippen molar-refractivity contribution >= 4 is 5.91 Å². The Morgan fingerprint density at radius 1 is 0.935 bits per heavy atom. The van der Waals surface area contributed by atoms with Crippen molar-refractivity contribution in [2.24, 2.45) is 0 Å². The second-order valence-corrected chi connectivity index (χ2v) is 7.67. The number of hydrogen-bond donors (Lipinski definition) is 2. The van der Waals surface area contributed by atoms with Crippen molar-refractivity contribution in [3.8, 4) is 0 Å². The minimum atomic E-state index is -0.171. The smallest absolute Gasteiger partial charge is 0.234 e. The van der Waals surface area contributed by atoms with Crippen LogP contribution in [0.3, 0.4) is 0 Å². The highest BCUT2D eigenvalue weighted by Gasteiger charge is 2.18. The molecule has 0 bridgehead atoms. The van der Waals surface area contributed by atoms with Gasteiger partial charge in [-0.2, -0.15) is 0 Å². The zero-order chi connectivity index (χ0) is 21.3. The summed E-state index contributed by atoms with van der Waals surface area (Å²) in [6.07, 6.45) is 1.65. The maximum atomic E-state index is 12.6. The lowest BCUT2D eigenvalue weighted by Crippen LogP contribution is -2.37. The number of amides is 1. The molecule has 31 heavy (non-hydrogen) atoms. The molecule has 2 aromatic carbocycles. The first-order chi connectivity index (χ1) is 15.3. The lowest BCUT2D eigenvalue weighted by Gasteiger charge is -2.27. The van der Waals surface area contributed by atoms with E-state index < -0.39 is 0 Å². The molecule has 0 spiro atoms. The average Bonchev–Trinajstić information content (AvgIpc) is 3.35. The Bertz CT molecular complexity index is 938. The number of nitrogens with zero attached hydrogens (tertiary/aromatic N) is 1. The Kier molecular flexibility index (Phi) is 7.50. The van der Waals surface area contributed by atoms with E-state index in [9.17, 15) is 4.79 Å². The third kappa shape index (κ3) is 6.04. The van der Waals surface area contributed by atoms with E-state index in [2.05, 4.69) is 33.7 Å². The van der Waals surface area contributed by atoms with Gasteiger partial charge in [0.05, 0.1) is 32.1 Å². The van der Waals surface area contributed by atoms with Gasteiger partial charge in [-0.05, 0) is 28.8 Å². The molecule has 0 radical (unpaired) electrons. The topological polar surface area (TPSA) is 66.7 Å². The van der Waals surface area contributed by atoms with Crippen LogP contribution in [0.2, 0.25) is 0 Å². The highest BCUT2D eigenvalue weighted by atomic mass is 16.5. The number of ether oxygens (including phenoxy) is 1. The van der Waals surface area contributed by atoms with Crippen molar-refractivity contribution in [3.63, 3.8) is 0 Å². The van der Waals surface area contributed by atoms with Gasteiger partial charge in [0, 0.05) is 26.2 Å². The Morgan fingerprint density at radius 3 is 2.42 bits per heavy atom. The molecule has 3 aromatic rings. The average molecular weight is 420 g/mol. The Balaban J connectivity index is 1.33. The van der Waals surface area contributed by atoms with Gasteiger partial charge in [0.2, 0.25) is 5.91 Å². The fourth-order valence-electron chi connectivity index (χ4n) is 3.82. The van der Waals surface area contributed by atoms with E-state index in [0.29, 0.717) is 6.54 Å². The van der Waals surface area contributed by atoms with E-state index in [1.807, 2.05) is 48.5 Å². The largest absolute Gasteiger partial charge is 0.467 e. The number of carbonyl (C=O) groups excluding carboxylic acids is 1. The first-order valence-electron chi connectivity index (χ1n) is 10.7. The molecule has 6 heteroatoms. The zero-order valence-corrected chi connectivity index (χ0v) is 17.6. The minimum Gasteiger partial charge on any atom is -0.467 e. The summed E-state index contributed by atoms with van der Waals surface area (Å²) in [5, 5.41) is 6.38. The summed E-state index contributed by atoms with van der Waals surface area (Å²) in [6.45, 7) is 5.04. The normalized spacial score (nSPS) is 15.5. The number of hydrogen-bond acceptors (Lipinski definition) is 5. The van der Waals surface area contributed by atoms with Crippen LogP contribution in [-0.4, -0.2) is 43.7 Å². The van der Waals surface area contributed by atoms with Crippen molar-refractivity contribution < 1.29 is 13.9 Å². The van der Waals surface area contributed by atoms with Crippen LogP contribution in [0.15, 0.2) is 77.4 Å². The van der Waals surface area contributed by atoms with Gasteiger partial charge in [0.25, 0.3) is 0 Å². The number of carbonyl (C=O) groups is 1. The number of morpholine rings is 1. The quantitative estimate of drug-likeness (QED) is 0.558. The number of furan rings is 1. The number of rotatable bonds is 9. The second-order valence-electron chi connectivity index (χ2n) is 7.67. The van der Waals surface area contributed by atoms with Crippen molar-refractivity contribution in [2.45, 2.75) is 19.1 Å². The van der Waals surface area contributed by atoms with Crippen LogP contribution in [0.5, 0.6) is 0 Å². The van der Waals surface area contributed by atoms with Crippen molar-refractivity contribution in [1.29, 1.82) is 0 Å². The van der Waals surface area contributed by atoms with Gasteiger partial charge in [0.1, 0.15) is 5.76 Å². The van der Waals surface area contributed by atoms with E-state index in [1.54, 1.807) is 6.26 Å². The van der Waals surface area contributed by atoms with Gasteiger partial charge in [-0.3, -0.25) is 15.0 Å². The molecule has 0 aliphatic carbocycles. The van der Waals surface area contributed by atoms with E-state index in [4.69, 9.17) is 9.15 Å². The molecule has 1 fully saturated rings. The zero-order valence-electron chi connectivity index (χ0n) is 17.6. The van der Waals surface area contributed by atoms with Crippen molar-refractivity contribution in [2.75, 3.05) is 32.8 Å². The molecule has 1 amide bonds. The summed E-state index contributed by atoms with van der Waals surface area (Å²) < 4.78 is 11.0. The molecular formula is C25H29N3O3. The lowest BCUT2D eigenvalue weighted by atomic mass is 10.0. The standard InChI is InChI=1S/C25H29N3O3/c29-24(18-27-25(23-11-6-14-31-23)20-7-2-1-3-8-20)26-17-21-9-4-5-10-22(21)19-28-12-15-30-16-13-28/h1-11,14,25,27H,12-13,15-19H2,(H,26,29)/t25-/m1/s1. The fraction of sp³-hybridized carbons (Fsp3) is 0.320. The monoisotopic (exact) mass is 419 g/mol. The van der Waals surface area contributed by atoms with Crippen molar-refractivity contribution in [1.82, 2.24) is 15.5 Å². The summed E-state index contributed by atoms with van der Waals surface area (Å²) in [7, 11) is 0. The molecular weight excluding hydrogens is 390 g/mol. The molecule has 1 saturated heterocycles. The number of nitrogens with one attached hydrogen (secondary N) is 2. The lowest BCUT2D eigenvalue weighted by molar-refractivity contribution is -0.120. The van der Waals surface area contributed by atoms with Gasteiger partial charge < -0.3 is 14.5 Å². The van der Waals surface area contributed by atoms with Gasteiger partial charge in [-0.25, -0.2) is 0 Å². The van der Waals surface area contributed by atoms with Crippen LogP contribution in [0.1, 0.15) is 28.5 Å². The Morgan fingerprint density at radius 2 is 1.68 bits per heavy atom. The Labute approximate surface area is 183 Å². The van der Waals surface area contributed by atoms with Gasteiger partial charge in [0.15, 0.2) is 0 Å². The molecule has 1 aromatic heterocycles. The maximum absolute atomic E-state index is 12.6. The van der Waals surface area contributed by atoms with Gasteiger partial charge in [-0.1, -0.05) is 54.6 Å². The predicted octanol–water partition coefficient (Wildman–Crippen LogP) is 3.11. The van der Waals surface area contributed by atoms with Crippen LogP contribution in [0.4, 0.5) is 0 Å². The first-order valence-corrected chi connectivity index (χ1v) is 10.7. The minimum absolute atomic E-state index is 0.0475. The van der Waals surface area contributed by atoms with E-state index >= 15 is 0 Å². The molecule has 2 N–H and O–H groups in total. The summed E-state index contributed by atoms with van der Waals surface area (Å²) in [5.74, 6) is 0.739. The molecule has 0 saturated carbocycles. The molecule has 1 aliphatic rings. The highest BCUT2D eigenvalue weighted by molar-refractivity contribution is 5.78. The molecule has 2 heterocycles. The van der Waals surface area contributed by atoms with Crippen LogP contribution in [0, 0.1) is 0 Å². The van der Waals surface area contributed by atoms with Crippen LogP contribution in [-0.2, 0) is 22.6 Å². The van der Waals surface area contributed by atoms with E-state index in [1.165, 1.54) is 5.56 Å². The van der Waals surface area contributed by atoms with E-state index in [0.717, 1.165) is 49.7 Å². The molecule has 6 nitrogen and oxygen atoms in total. The van der Waals surface area contributed by atoms with Crippen molar-refractivity contribution in [3.05, 3.63) is 95.4 Å². The van der Waals surface area contributed by atoms with E-state index in [-0.39, 0.29) is 18.5 Å². The van der Waals surface area contributed by atoms with Crippen LogP contribution in [0.25, 0.3) is 0 Å². The van der Waals surface area contributed by atoms with Gasteiger partial charge >= 0.3 is 0 Å². The SMILES string of the molecule is O=C(CN[C@H](c1ccccc1)c1ccco1)NCc1ccccc1CN1CCOCC1. The third-order valence-electron chi connectivity index (χ3n) is 5.52. The highest BCUT2D eigenvalue weighted by Crippen LogP contribution is 2.22. The summed E-state index contributed by atoms with van der Waals surface area (Å²) >= 11 is 0. The molecule has 1 aliphatic heterocycles. The summed E-state index contributed by atoms with van der Waals surface area (Å²) in [4.78, 5) is 15.0. The van der Waals surface area contributed by atoms with Crippen LogP contribution >= 0.6 is 0 Å². The summed E-state index contributed by atoms with van der Waals surface area (Å²) in [5.41, 5.74) is 3.45. The predicted molar refractivity (Wildman–Crippen MR) is 119 cm³/mol. The summed E-state index contributed by atoms with van der Waals surface area (Å²) in [6, 6.07) is 21.9. The Hall–Kier alpha value is -2.93. The third-order valence-corrected chi connectivity index (χ3v) is 5.52. The van der Waals surface area contributed by atoms with Crippen LogP contribution < -0.4 is 10.6 Å². The molecule has 162 valence electrons. The maximum Gasteiger partial charge on any atom is 0.234 e. The second kappa shape index (κ2) is 10.9.